The first kappa shape index (κ1) is 15.1. The van der Waals surface area contributed by atoms with Gasteiger partial charge < -0.3 is 4.74 Å². The van der Waals surface area contributed by atoms with Crippen LogP contribution in [0.25, 0.3) is 0 Å². The molecule has 2 aromatic rings. The van der Waals surface area contributed by atoms with E-state index in [1.165, 1.54) is 0 Å². The molecule has 0 heterocycles. The molecule has 0 aliphatic rings. The maximum atomic E-state index is 11.9. The Morgan fingerprint density at radius 3 is 1.95 bits per heavy atom. The average molecular weight is 290 g/mol. The zero-order chi connectivity index (χ0) is 15.1. The van der Waals surface area contributed by atoms with Gasteiger partial charge in [0.05, 0.1) is 6.61 Å². The van der Waals surface area contributed by atoms with Crippen LogP contribution in [-0.4, -0.2) is 12.8 Å². The Bertz CT molecular complexity index is 619. The smallest absolute Gasteiger partial charge is 0.367 e. The molecular weight excluding hydrogens is 277 g/mol. The first-order valence-electron chi connectivity index (χ1n) is 6.33. The van der Waals surface area contributed by atoms with E-state index in [0.29, 0.717) is 5.56 Å². The fraction of sp³-hybridized carbons (Fsp3) is 0.176. The van der Waals surface area contributed by atoms with Gasteiger partial charge in [-0.1, -0.05) is 42.2 Å². The standard InChI is InChI=1S/C17H13F3O/c18-17(19,20)13-21-12-16-10-8-15(9-11-16)7-6-14-4-2-1-3-5-14/h1-5,8-11H,12-13H2. The van der Waals surface area contributed by atoms with Crippen LogP contribution in [0.5, 0.6) is 0 Å². The lowest BCUT2D eigenvalue weighted by atomic mass is 10.1. The van der Waals surface area contributed by atoms with Gasteiger partial charge in [-0.3, -0.25) is 0 Å². The van der Waals surface area contributed by atoms with Gasteiger partial charge in [0.25, 0.3) is 0 Å². The third-order valence-electron chi connectivity index (χ3n) is 2.61. The average Bonchev–Trinajstić information content (AvgIpc) is 2.46. The monoisotopic (exact) mass is 290 g/mol. The summed E-state index contributed by atoms with van der Waals surface area (Å²) in [7, 11) is 0. The second kappa shape index (κ2) is 6.96. The molecule has 2 rings (SSSR count). The van der Waals surface area contributed by atoms with E-state index < -0.39 is 12.8 Å². The summed E-state index contributed by atoms with van der Waals surface area (Å²) in [4.78, 5) is 0. The molecule has 0 aliphatic heterocycles. The number of rotatable bonds is 3. The first-order valence-corrected chi connectivity index (χ1v) is 6.33. The molecular formula is C17H13F3O. The Balaban J connectivity index is 1.92. The highest BCUT2D eigenvalue weighted by molar-refractivity contribution is 5.43. The van der Waals surface area contributed by atoms with E-state index in [0.717, 1.165) is 11.1 Å². The highest BCUT2D eigenvalue weighted by Gasteiger charge is 2.27. The highest BCUT2D eigenvalue weighted by Crippen LogP contribution is 2.15. The summed E-state index contributed by atoms with van der Waals surface area (Å²) >= 11 is 0. The van der Waals surface area contributed by atoms with Crippen LogP contribution < -0.4 is 0 Å². The minimum absolute atomic E-state index is 0.0636. The second-order valence-corrected chi connectivity index (χ2v) is 4.42. The van der Waals surface area contributed by atoms with Gasteiger partial charge in [-0.05, 0) is 29.8 Å². The van der Waals surface area contributed by atoms with Crippen LogP contribution in [0, 0.1) is 11.8 Å². The lowest BCUT2D eigenvalue weighted by Crippen LogP contribution is -2.16. The minimum atomic E-state index is -4.29. The molecule has 0 aromatic heterocycles. The third kappa shape index (κ3) is 5.72. The van der Waals surface area contributed by atoms with Crippen LogP contribution in [0.15, 0.2) is 54.6 Å². The van der Waals surface area contributed by atoms with E-state index >= 15 is 0 Å². The van der Waals surface area contributed by atoms with Gasteiger partial charge in [-0.25, -0.2) is 0 Å². The molecule has 21 heavy (non-hydrogen) atoms. The quantitative estimate of drug-likeness (QED) is 0.771. The van der Waals surface area contributed by atoms with Gasteiger partial charge in [0.1, 0.15) is 6.61 Å². The molecule has 2 aromatic carbocycles. The van der Waals surface area contributed by atoms with Crippen molar-refractivity contribution in [3.8, 4) is 11.8 Å². The molecule has 0 saturated heterocycles. The molecule has 0 aliphatic carbocycles. The van der Waals surface area contributed by atoms with E-state index in [4.69, 9.17) is 0 Å². The summed E-state index contributed by atoms with van der Waals surface area (Å²) in [6.07, 6.45) is -4.29. The van der Waals surface area contributed by atoms with Crippen LogP contribution in [-0.2, 0) is 11.3 Å². The van der Waals surface area contributed by atoms with Gasteiger partial charge in [-0.2, -0.15) is 13.2 Å². The highest BCUT2D eigenvalue weighted by atomic mass is 19.4. The SMILES string of the molecule is FC(F)(F)COCc1ccc(C#Cc2ccccc2)cc1. The molecule has 0 unspecified atom stereocenters. The maximum Gasteiger partial charge on any atom is 0.411 e. The lowest BCUT2D eigenvalue weighted by Gasteiger charge is -2.07. The van der Waals surface area contributed by atoms with Crippen molar-refractivity contribution >= 4 is 0 Å². The predicted molar refractivity (Wildman–Crippen MR) is 74.6 cm³/mol. The van der Waals surface area contributed by atoms with Crippen molar-refractivity contribution in [2.24, 2.45) is 0 Å². The fourth-order valence-electron chi connectivity index (χ4n) is 1.63. The molecule has 0 saturated carbocycles. The minimum Gasteiger partial charge on any atom is -0.367 e. The lowest BCUT2D eigenvalue weighted by molar-refractivity contribution is -0.176. The van der Waals surface area contributed by atoms with Crippen LogP contribution in [0.3, 0.4) is 0 Å². The largest absolute Gasteiger partial charge is 0.411 e. The number of halogens is 3. The van der Waals surface area contributed by atoms with E-state index in [2.05, 4.69) is 16.6 Å². The molecule has 0 bridgehead atoms. The summed E-state index contributed by atoms with van der Waals surface area (Å²) < 4.78 is 40.4. The molecule has 0 amide bonds. The molecule has 0 fully saturated rings. The van der Waals surface area contributed by atoms with Gasteiger partial charge in [0.2, 0.25) is 0 Å². The van der Waals surface area contributed by atoms with Crippen LogP contribution in [0.1, 0.15) is 16.7 Å². The molecule has 0 N–H and O–H groups in total. The number of alkyl halides is 3. The van der Waals surface area contributed by atoms with Crippen LogP contribution in [0.4, 0.5) is 13.2 Å². The molecule has 0 spiro atoms. The molecule has 4 heteroatoms. The van der Waals surface area contributed by atoms with Crippen molar-refractivity contribution in [1.82, 2.24) is 0 Å². The van der Waals surface area contributed by atoms with Crippen LogP contribution >= 0.6 is 0 Å². The Morgan fingerprint density at radius 2 is 1.38 bits per heavy atom. The van der Waals surface area contributed by atoms with Gasteiger partial charge >= 0.3 is 6.18 Å². The zero-order valence-electron chi connectivity index (χ0n) is 11.2. The molecule has 0 radical (unpaired) electrons. The topological polar surface area (TPSA) is 9.23 Å². The first-order chi connectivity index (χ1) is 10.0. The van der Waals surface area contributed by atoms with E-state index in [9.17, 15) is 13.2 Å². The van der Waals surface area contributed by atoms with Gasteiger partial charge in [0, 0.05) is 11.1 Å². The number of hydrogen-bond acceptors (Lipinski definition) is 1. The Kier molecular flexibility index (Phi) is 5.02. The Labute approximate surface area is 121 Å². The van der Waals surface area contributed by atoms with E-state index in [-0.39, 0.29) is 6.61 Å². The number of benzene rings is 2. The summed E-state index contributed by atoms with van der Waals surface area (Å²) in [5, 5.41) is 0. The van der Waals surface area contributed by atoms with Crippen molar-refractivity contribution in [2.45, 2.75) is 12.8 Å². The van der Waals surface area contributed by atoms with Crippen molar-refractivity contribution in [2.75, 3.05) is 6.61 Å². The van der Waals surface area contributed by atoms with Crippen molar-refractivity contribution < 1.29 is 17.9 Å². The van der Waals surface area contributed by atoms with Crippen molar-refractivity contribution in [1.29, 1.82) is 0 Å². The van der Waals surface area contributed by atoms with E-state index in [1.807, 2.05) is 30.3 Å². The Morgan fingerprint density at radius 1 is 0.810 bits per heavy atom. The summed E-state index contributed by atoms with van der Waals surface area (Å²) in [6.45, 7) is -1.30. The van der Waals surface area contributed by atoms with E-state index in [1.54, 1.807) is 24.3 Å². The van der Waals surface area contributed by atoms with Gasteiger partial charge in [-0.15, -0.1) is 0 Å². The summed E-state index contributed by atoms with van der Waals surface area (Å²) in [5.74, 6) is 6.01. The second-order valence-electron chi connectivity index (χ2n) is 4.42. The Hall–Kier alpha value is -2.25. The van der Waals surface area contributed by atoms with Gasteiger partial charge in [0.15, 0.2) is 0 Å². The van der Waals surface area contributed by atoms with Crippen LogP contribution in [0.2, 0.25) is 0 Å². The summed E-state index contributed by atoms with van der Waals surface area (Å²) in [5.41, 5.74) is 2.40. The third-order valence-corrected chi connectivity index (χ3v) is 2.61. The normalized spacial score (nSPS) is 10.8. The zero-order valence-corrected chi connectivity index (χ0v) is 11.2. The molecule has 0 atom stereocenters. The number of hydrogen-bond donors (Lipinski definition) is 0. The van der Waals surface area contributed by atoms with Crippen molar-refractivity contribution in [3.05, 3.63) is 71.3 Å². The molecule has 1 nitrogen and oxygen atoms in total. The molecule has 108 valence electrons. The summed E-state index contributed by atoms with van der Waals surface area (Å²) in [6, 6.07) is 16.5. The fourth-order valence-corrected chi connectivity index (χ4v) is 1.63. The maximum absolute atomic E-state index is 11.9. The predicted octanol–water partition coefficient (Wildman–Crippen LogP) is 4.17. The number of ether oxygens (including phenoxy) is 1. The van der Waals surface area contributed by atoms with Crippen molar-refractivity contribution in [3.63, 3.8) is 0 Å².